The van der Waals surface area contributed by atoms with Crippen molar-refractivity contribution in [2.24, 2.45) is 4.99 Å². The van der Waals surface area contributed by atoms with E-state index in [0.29, 0.717) is 13.1 Å². The first-order chi connectivity index (χ1) is 8.96. The Balaban J connectivity index is 0.00000361. The van der Waals surface area contributed by atoms with E-state index >= 15 is 0 Å². The van der Waals surface area contributed by atoms with Gasteiger partial charge in [0.1, 0.15) is 0 Å². The zero-order chi connectivity index (χ0) is 14.3. The molecule has 1 rings (SSSR count). The van der Waals surface area contributed by atoms with Gasteiger partial charge in [-0.05, 0) is 31.5 Å². The van der Waals surface area contributed by atoms with Crippen LogP contribution in [0, 0.1) is 0 Å². The number of halogens is 2. The molecule has 0 aromatic heterocycles. The molecule has 0 aliphatic carbocycles. The third-order valence-corrected chi connectivity index (χ3v) is 3.08. The molecule has 20 heavy (non-hydrogen) atoms. The van der Waals surface area contributed by atoms with Gasteiger partial charge in [-0.3, -0.25) is 4.99 Å². The van der Waals surface area contributed by atoms with Gasteiger partial charge in [0.25, 0.3) is 0 Å². The van der Waals surface area contributed by atoms with Gasteiger partial charge in [-0.2, -0.15) is 0 Å². The van der Waals surface area contributed by atoms with Gasteiger partial charge in [-0.15, -0.1) is 24.0 Å². The number of rotatable bonds is 5. The lowest BCUT2D eigenvalue weighted by Gasteiger charge is -2.24. The Kier molecular flexibility index (Phi) is 9.16. The van der Waals surface area contributed by atoms with E-state index in [1.54, 1.807) is 14.2 Å². The molecule has 0 spiro atoms. The molecule has 0 unspecified atom stereocenters. The molecule has 0 atom stereocenters. The second-order valence-electron chi connectivity index (χ2n) is 4.87. The van der Waals surface area contributed by atoms with Gasteiger partial charge in [0, 0.05) is 32.3 Å². The lowest BCUT2D eigenvalue weighted by molar-refractivity contribution is 0.0268. The van der Waals surface area contributed by atoms with Crippen LogP contribution in [0.25, 0.3) is 0 Å². The highest BCUT2D eigenvalue weighted by molar-refractivity contribution is 14.0. The van der Waals surface area contributed by atoms with Crippen molar-refractivity contribution in [1.82, 2.24) is 10.6 Å². The predicted molar refractivity (Wildman–Crippen MR) is 96.2 cm³/mol. The second-order valence-corrected chi connectivity index (χ2v) is 5.31. The van der Waals surface area contributed by atoms with Gasteiger partial charge < -0.3 is 15.4 Å². The summed E-state index contributed by atoms with van der Waals surface area (Å²) in [5.74, 6) is 0.750. The van der Waals surface area contributed by atoms with Crippen molar-refractivity contribution in [3.8, 4) is 0 Å². The largest absolute Gasteiger partial charge is 0.377 e. The summed E-state index contributed by atoms with van der Waals surface area (Å²) in [6.45, 7) is 5.42. The number of guanidine groups is 1. The summed E-state index contributed by atoms with van der Waals surface area (Å²) in [4.78, 5) is 4.17. The highest BCUT2D eigenvalue weighted by Gasteiger charge is 2.16. The van der Waals surface area contributed by atoms with Crippen LogP contribution in [-0.4, -0.2) is 32.3 Å². The molecule has 6 heteroatoms. The highest BCUT2D eigenvalue weighted by atomic mass is 127. The van der Waals surface area contributed by atoms with Crippen molar-refractivity contribution >= 4 is 41.5 Å². The maximum atomic E-state index is 5.85. The zero-order valence-corrected chi connectivity index (χ0v) is 15.5. The van der Waals surface area contributed by atoms with E-state index in [2.05, 4.69) is 15.6 Å². The van der Waals surface area contributed by atoms with Crippen LogP contribution in [-0.2, 0) is 11.3 Å². The quantitative estimate of drug-likeness (QED) is 0.445. The fraction of sp³-hybridized carbons (Fsp3) is 0.500. The molecule has 0 amide bonds. The summed E-state index contributed by atoms with van der Waals surface area (Å²) < 4.78 is 5.35. The molecule has 1 aromatic carbocycles. The summed E-state index contributed by atoms with van der Waals surface area (Å²) in [6, 6.07) is 7.73. The lowest BCUT2D eigenvalue weighted by atomic mass is 10.1. The Bertz CT molecular complexity index is 421. The molecule has 0 aliphatic heterocycles. The minimum absolute atomic E-state index is 0. The third-order valence-electron chi connectivity index (χ3n) is 2.83. The summed E-state index contributed by atoms with van der Waals surface area (Å²) in [5.41, 5.74) is 0.927. The number of aliphatic imine (C=N–C) groups is 1. The van der Waals surface area contributed by atoms with Crippen molar-refractivity contribution in [3.63, 3.8) is 0 Å². The fourth-order valence-corrected chi connectivity index (χ4v) is 1.50. The molecule has 1 aromatic rings. The molecule has 4 nitrogen and oxygen atoms in total. The Morgan fingerprint density at radius 1 is 1.25 bits per heavy atom. The van der Waals surface area contributed by atoms with Crippen LogP contribution in [0.3, 0.4) is 0 Å². The van der Waals surface area contributed by atoms with Crippen molar-refractivity contribution in [2.75, 3.05) is 20.7 Å². The summed E-state index contributed by atoms with van der Waals surface area (Å²) in [6.07, 6.45) is 0. The average molecular weight is 412 g/mol. The van der Waals surface area contributed by atoms with E-state index in [4.69, 9.17) is 16.3 Å². The van der Waals surface area contributed by atoms with E-state index < -0.39 is 0 Å². The first kappa shape index (κ1) is 19.5. The standard InChI is InChI=1S/C14H22ClN3O.HI/c1-14(2,19-4)10-18-13(16-3)17-9-11-5-7-12(15)8-6-11;/h5-8H,9-10H2,1-4H3,(H2,16,17,18);1H. The zero-order valence-electron chi connectivity index (χ0n) is 12.4. The van der Waals surface area contributed by atoms with Gasteiger partial charge >= 0.3 is 0 Å². The molecule has 2 N–H and O–H groups in total. The fourth-order valence-electron chi connectivity index (χ4n) is 1.38. The van der Waals surface area contributed by atoms with Crippen molar-refractivity contribution in [1.29, 1.82) is 0 Å². The molecular weight excluding hydrogens is 389 g/mol. The first-order valence-corrected chi connectivity index (χ1v) is 6.59. The summed E-state index contributed by atoms with van der Waals surface area (Å²) in [5, 5.41) is 7.22. The Labute approximate surface area is 143 Å². The molecule has 0 aliphatic rings. The van der Waals surface area contributed by atoms with Crippen molar-refractivity contribution < 1.29 is 4.74 Å². The minimum atomic E-state index is -0.224. The van der Waals surface area contributed by atoms with Gasteiger partial charge in [-0.25, -0.2) is 0 Å². The SMILES string of the molecule is CN=C(NCc1ccc(Cl)cc1)NCC(C)(C)OC.I. The Hall–Kier alpha value is -0.530. The van der Waals surface area contributed by atoms with Crippen LogP contribution in [0.15, 0.2) is 29.3 Å². The number of hydrogen-bond acceptors (Lipinski definition) is 2. The number of hydrogen-bond donors (Lipinski definition) is 2. The monoisotopic (exact) mass is 411 g/mol. The van der Waals surface area contributed by atoms with E-state index in [1.165, 1.54) is 0 Å². The average Bonchev–Trinajstić information content (AvgIpc) is 2.41. The van der Waals surface area contributed by atoms with Crippen molar-refractivity contribution in [2.45, 2.75) is 26.0 Å². The number of nitrogens with zero attached hydrogens (tertiary/aromatic N) is 1. The van der Waals surface area contributed by atoms with Gasteiger partial charge in [0.05, 0.1) is 5.60 Å². The number of benzene rings is 1. The van der Waals surface area contributed by atoms with Crippen LogP contribution in [0.5, 0.6) is 0 Å². The minimum Gasteiger partial charge on any atom is -0.377 e. The smallest absolute Gasteiger partial charge is 0.191 e. The molecule has 0 fully saturated rings. The van der Waals surface area contributed by atoms with Crippen LogP contribution < -0.4 is 10.6 Å². The third kappa shape index (κ3) is 7.31. The normalized spacial score (nSPS) is 11.8. The topological polar surface area (TPSA) is 45.7 Å². The van der Waals surface area contributed by atoms with Crippen LogP contribution in [0.1, 0.15) is 19.4 Å². The Morgan fingerprint density at radius 3 is 2.35 bits per heavy atom. The number of nitrogens with one attached hydrogen (secondary N) is 2. The number of ether oxygens (including phenoxy) is 1. The lowest BCUT2D eigenvalue weighted by Crippen LogP contribution is -2.45. The van der Waals surface area contributed by atoms with E-state index in [-0.39, 0.29) is 29.6 Å². The predicted octanol–water partition coefficient (Wildman–Crippen LogP) is 3.05. The van der Waals surface area contributed by atoms with E-state index in [9.17, 15) is 0 Å². The maximum Gasteiger partial charge on any atom is 0.191 e. The molecule has 0 radical (unpaired) electrons. The molecular formula is C14H23ClIN3O. The van der Waals surface area contributed by atoms with Crippen molar-refractivity contribution in [3.05, 3.63) is 34.9 Å². The molecule has 114 valence electrons. The molecule has 0 heterocycles. The van der Waals surface area contributed by atoms with E-state index in [1.807, 2.05) is 38.1 Å². The van der Waals surface area contributed by atoms with Gasteiger partial charge in [0.15, 0.2) is 5.96 Å². The molecule has 0 saturated carbocycles. The molecule has 0 saturated heterocycles. The van der Waals surface area contributed by atoms with Gasteiger partial charge in [0.2, 0.25) is 0 Å². The second kappa shape index (κ2) is 9.41. The summed E-state index contributed by atoms with van der Waals surface area (Å²) in [7, 11) is 3.45. The summed E-state index contributed by atoms with van der Waals surface area (Å²) >= 11 is 5.85. The highest BCUT2D eigenvalue weighted by Crippen LogP contribution is 2.09. The maximum absolute atomic E-state index is 5.85. The first-order valence-electron chi connectivity index (χ1n) is 6.21. The van der Waals surface area contributed by atoms with Crippen LogP contribution >= 0.6 is 35.6 Å². The number of methoxy groups -OCH3 is 1. The van der Waals surface area contributed by atoms with Crippen LogP contribution in [0.2, 0.25) is 5.02 Å². The van der Waals surface area contributed by atoms with E-state index in [0.717, 1.165) is 16.5 Å². The Morgan fingerprint density at radius 2 is 1.85 bits per heavy atom. The molecule has 0 bridgehead atoms. The van der Waals surface area contributed by atoms with Crippen LogP contribution in [0.4, 0.5) is 0 Å². The van der Waals surface area contributed by atoms with Gasteiger partial charge in [-0.1, -0.05) is 23.7 Å².